The maximum absolute atomic E-state index is 5.02. The van der Waals surface area contributed by atoms with Gasteiger partial charge in [0.2, 0.25) is 0 Å². The van der Waals surface area contributed by atoms with Crippen LogP contribution >= 0.6 is 0 Å². The molecule has 0 bridgehead atoms. The van der Waals surface area contributed by atoms with Gasteiger partial charge in [-0.2, -0.15) is 0 Å². The zero-order valence-electron chi connectivity index (χ0n) is 19.3. The maximum atomic E-state index is 5.02. The van der Waals surface area contributed by atoms with Gasteiger partial charge in [0.25, 0.3) is 0 Å². The molecule has 5 rings (SSSR count). The molecular formula is C27H41N3. The molecule has 3 nitrogen and oxygen atoms in total. The number of pyridine rings is 1. The zero-order chi connectivity index (χ0) is 20.5. The summed E-state index contributed by atoms with van der Waals surface area (Å²) in [5.41, 5.74) is 4.36. The molecule has 1 unspecified atom stereocenters. The molecule has 30 heavy (non-hydrogen) atoms. The van der Waals surface area contributed by atoms with Gasteiger partial charge in [0.05, 0.1) is 5.52 Å². The fourth-order valence-electron chi connectivity index (χ4n) is 6.86. The van der Waals surface area contributed by atoms with Gasteiger partial charge in [0, 0.05) is 36.9 Å². The minimum absolute atomic E-state index is 0.844. The Bertz CT molecular complexity index is 855. The molecule has 2 aromatic rings. The van der Waals surface area contributed by atoms with Gasteiger partial charge in [-0.1, -0.05) is 51.4 Å². The van der Waals surface area contributed by atoms with E-state index in [2.05, 4.69) is 35.6 Å². The largest absolute Gasteiger partial charge is 0.355 e. The number of rotatable bonds is 4. The monoisotopic (exact) mass is 407 g/mol. The van der Waals surface area contributed by atoms with Crippen LogP contribution in [0.3, 0.4) is 0 Å². The van der Waals surface area contributed by atoms with Crippen LogP contribution in [-0.4, -0.2) is 22.6 Å². The highest BCUT2D eigenvalue weighted by molar-refractivity contribution is 5.93. The number of aryl methyl sites for hydroxylation is 1. The molecule has 3 heterocycles. The van der Waals surface area contributed by atoms with Crippen LogP contribution in [0.15, 0.2) is 12.3 Å². The van der Waals surface area contributed by atoms with Gasteiger partial charge in [0.1, 0.15) is 0 Å². The van der Waals surface area contributed by atoms with Crippen molar-refractivity contribution in [3.05, 3.63) is 23.5 Å². The van der Waals surface area contributed by atoms with Gasteiger partial charge in [-0.3, -0.25) is 0 Å². The fraction of sp³-hybridized carbons (Fsp3) is 0.741. The van der Waals surface area contributed by atoms with Crippen LogP contribution < -0.4 is 4.90 Å². The van der Waals surface area contributed by atoms with Crippen molar-refractivity contribution < 1.29 is 0 Å². The van der Waals surface area contributed by atoms with E-state index in [-0.39, 0.29) is 0 Å². The van der Waals surface area contributed by atoms with E-state index in [0.717, 1.165) is 17.8 Å². The molecule has 0 amide bonds. The number of fused-ring (bicyclic) bond motifs is 1. The molecule has 3 aliphatic rings. The van der Waals surface area contributed by atoms with Gasteiger partial charge >= 0.3 is 0 Å². The van der Waals surface area contributed by atoms with Gasteiger partial charge in [-0.15, -0.1) is 0 Å². The van der Waals surface area contributed by atoms with Gasteiger partial charge in [-0.25, -0.2) is 4.98 Å². The molecule has 2 saturated carbocycles. The van der Waals surface area contributed by atoms with Crippen LogP contribution in [0.25, 0.3) is 10.9 Å². The first-order valence-corrected chi connectivity index (χ1v) is 12.9. The van der Waals surface area contributed by atoms with Gasteiger partial charge in [0.15, 0.2) is 5.82 Å². The highest BCUT2D eigenvalue weighted by Gasteiger charge is 2.30. The van der Waals surface area contributed by atoms with Crippen LogP contribution in [0, 0.1) is 31.6 Å². The molecule has 0 aromatic carbocycles. The summed E-state index contributed by atoms with van der Waals surface area (Å²) in [5.74, 6) is 3.95. The maximum Gasteiger partial charge on any atom is 0.153 e. The minimum atomic E-state index is 0.844. The molecule has 2 aromatic heterocycles. The molecule has 0 N–H and O–H groups in total. The average Bonchev–Trinajstić information content (AvgIpc) is 3.05. The van der Waals surface area contributed by atoms with E-state index in [1.165, 1.54) is 125 Å². The average molecular weight is 408 g/mol. The normalized spacial score (nSPS) is 24.6. The van der Waals surface area contributed by atoms with Crippen molar-refractivity contribution in [1.29, 1.82) is 0 Å². The van der Waals surface area contributed by atoms with Gasteiger partial charge in [-0.05, 0) is 68.9 Å². The second-order valence-corrected chi connectivity index (χ2v) is 10.6. The van der Waals surface area contributed by atoms with Crippen molar-refractivity contribution in [1.82, 2.24) is 9.55 Å². The molecular weight excluding hydrogens is 366 g/mol. The van der Waals surface area contributed by atoms with Crippen LogP contribution in [0.2, 0.25) is 0 Å². The molecule has 1 aliphatic heterocycles. The molecule has 2 aliphatic carbocycles. The van der Waals surface area contributed by atoms with Crippen molar-refractivity contribution in [3.63, 3.8) is 0 Å². The third kappa shape index (κ3) is 3.89. The summed E-state index contributed by atoms with van der Waals surface area (Å²) in [4.78, 5) is 7.69. The number of piperidine rings is 1. The Labute approximate surface area is 183 Å². The summed E-state index contributed by atoms with van der Waals surface area (Å²) in [6.07, 6.45) is 19.2. The van der Waals surface area contributed by atoms with Crippen molar-refractivity contribution in [2.45, 2.75) is 97.4 Å². The van der Waals surface area contributed by atoms with Gasteiger partial charge < -0.3 is 9.47 Å². The second-order valence-electron chi connectivity index (χ2n) is 10.6. The van der Waals surface area contributed by atoms with Crippen LogP contribution in [0.4, 0.5) is 5.82 Å². The van der Waals surface area contributed by atoms with E-state index in [1.54, 1.807) is 0 Å². The summed E-state index contributed by atoms with van der Waals surface area (Å²) in [7, 11) is 0. The summed E-state index contributed by atoms with van der Waals surface area (Å²) in [6.45, 7) is 8.25. The van der Waals surface area contributed by atoms with Crippen LogP contribution in [0.5, 0.6) is 0 Å². The Balaban J connectivity index is 1.46. The molecule has 1 saturated heterocycles. The van der Waals surface area contributed by atoms with E-state index < -0.39 is 0 Å². The molecule has 1 atom stereocenters. The quantitative estimate of drug-likeness (QED) is 0.542. The number of nitrogens with zero attached hydrogens (tertiary/aromatic N) is 3. The molecule has 3 heteroatoms. The van der Waals surface area contributed by atoms with Crippen LogP contribution in [-0.2, 0) is 6.54 Å². The SMILES string of the molecule is Cc1c(C)n(CC2CCCCC2)c2c(N3CCCC(C4CCCCC4)C3)nccc12. The number of hydrogen-bond acceptors (Lipinski definition) is 2. The number of hydrogen-bond donors (Lipinski definition) is 0. The van der Waals surface area contributed by atoms with Crippen molar-refractivity contribution in [3.8, 4) is 0 Å². The van der Waals surface area contributed by atoms with Crippen molar-refractivity contribution in [2.75, 3.05) is 18.0 Å². The van der Waals surface area contributed by atoms with E-state index in [0.29, 0.717) is 0 Å². The standard InChI is InChI=1S/C27H41N3/c1-20-21(2)30(18-22-10-5-3-6-11-22)26-25(20)15-16-28-27(26)29-17-9-14-24(19-29)23-12-7-4-8-13-23/h15-16,22-24H,3-14,17-19H2,1-2H3. The minimum Gasteiger partial charge on any atom is -0.355 e. The van der Waals surface area contributed by atoms with E-state index >= 15 is 0 Å². The Hall–Kier alpha value is -1.51. The third-order valence-electron chi connectivity index (χ3n) is 8.77. The van der Waals surface area contributed by atoms with E-state index in [1.807, 2.05) is 0 Å². The lowest BCUT2D eigenvalue weighted by atomic mass is 9.76. The molecule has 3 fully saturated rings. The Morgan fingerprint density at radius 2 is 1.57 bits per heavy atom. The van der Waals surface area contributed by atoms with Crippen LogP contribution in [0.1, 0.15) is 88.3 Å². The Morgan fingerprint density at radius 1 is 0.867 bits per heavy atom. The summed E-state index contributed by atoms with van der Waals surface area (Å²) in [5, 5.41) is 1.44. The lowest BCUT2D eigenvalue weighted by molar-refractivity contribution is 0.220. The fourth-order valence-corrected chi connectivity index (χ4v) is 6.86. The first kappa shape index (κ1) is 20.4. The van der Waals surface area contributed by atoms with E-state index in [4.69, 9.17) is 4.98 Å². The molecule has 0 radical (unpaired) electrons. The smallest absolute Gasteiger partial charge is 0.153 e. The highest BCUT2D eigenvalue weighted by Crippen LogP contribution is 2.39. The Morgan fingerprint density at radius 3 is 2.33 bits per heavy atom. The lowest BCUT2D eigenvalue weighted by Crippen LogP contribution is -2.39. The summed E-state index contributed by atoms with van der Waals surface area (Å²) in [6, 6.07) is 2.26. The highest BCUT2D eigenvalue weighted by atomic mass is 15.2. The predicted molar refractivity (Wildman–Crippen MR) is 127 cm³/mol. The first-order valence-electron chi connectivity index (χ1n) is 12.9. The summed E-state index contributed by atoms with van der Waals surface area (Å²) >= 11 is 0. The van der Waals surface area contributed by atoms with Crippen molar-refractivity contribution in [2.24, 2.45) is 17.8 Å². The van der Waals surface area contributed by atoms with E-state index in [9.17, 15) is 0 Å². The second kappa shape index (κ2) is 8.93. The number of aromatic nitrogens is 2. The van der Waals surface area contributed by atoms with Crippen molar-refractivity contribution >= 4 is 16.7 Å². The molecule has 0 spiro atoms. The first-order chi connectivity index (χ1) is 14.7. The Kier molecular flexibility index (Phi) is 6.07. The molecule has 164 valence electrons. The summed E-state index contributed by atoms with van der Waals surface area (Å²) < 4.78 is 2.66. The zero-order valence-corrected chi connectivity index (χ0v) is 19.3. The lowest BCUT2D eigenvalue weighted by Gasteiger charge is -2.39. The number of anilines is 1. The predicted octanol–water partition coefficient (Wildman–Crippen LogP) is 7.03. The topological polar surface area (TPSA) is 21.1 Å². The third-order valence-corrected chi connectivity index (χ3v) is 8.77.